The molecule has 0 aliphatic heterocycles. The molecule has 1 N–H and O–H groups in total. The maximum absolute atomic E-state index is 8.95. The summed E-state index contributed by atoms with van der Waals surface area (Å²) in [7, 11) is 0. The van der Waals surface area contributed by atoms with E-state index in [0.717, 1.165) is 11.3 Å². The van der Waals surface area contributed by atoms with Gasteiger partial charge in [0.1, 0.15) is 12.4 Å². The molecule has 19 heavy (non-hydrogen) atoms. The molecule has 2 rings (SSSR count). The van der Waals surface area contributed by atoms with Gasteiger partial charge in [0.25, 0.3) is 0 Å². The van der Waals surface area contributed by atoms with Crippen LogP contribution in [0, 0.1) is 0 Å². The number of rotatable bonds is 6. The Bertz CT molecular complexity index is 340. The monoisotopic (exact) mass is 264 g/mol. The minimum Gasteiger partial charge on any atom is -0.491 e. The van der Waals surface area contributed by atoms with Crippen molar-refractivity contribution < 1.29 is 14.6 Å². The smallest absolute Gasteiger partial charge is 0.119 e. The molecule has 0 atom stereocenters. The van der Waals surface area contributed by atoms with Gasteiger partial charge in [0, 0.05) is 0 Å². The number of benzene rings is 1. The zero-order valence-corrected chi connectivity index (χ0v) is 11.5. The first kappa shape index (κ1) is 14.4. The molecule has 1 aliphatic carbocycles. The van der Waals surface area contributed by atoms with Crippen molar-refractivity contribution in [2.45, 2.75) is 51.2 Å². The molecule has 0 unspecified atom stereocenters. The number of hydrogen-bond acceptors (Lipinski definition) is 3. The molecule has 1 saturated carbocycles. The molecular weight excluding hydrogens is 240 g/mol. The van der Waals surface area contributed by atoms with Gasteiger partial charge in [-0.1, -0.05) is 37.8 Å². The Morgan fingerprint density at radius 3 is 2.26 bits per heavy atom. The van der Waals surface area contributed by atoms with Gasteiger partial charge in [0.05, 0.1) is 19.3 Å². The van der Waals surface area contributed by atoms with Crippen molar-refractivity contribution in [3.8, 4) is 5.75 Å². The number of aliphatic hydroxyl groups excluding tert-OH is 1. The zero-order valence-electron chi connectivity index (χ0n) is 11.5. The molecular formula is C16H24O3. The van der Waals surface area contributed by atoms with E-state index in [1.165, 1.54) is 38.5 Å². The van der Waals surface area contributed by atoms with Crippen LogP contribution in [-0.4, -0.2) is 24.4 Å². The first-order valence-corrected chi connectivity index (χ1v) is 7.32. The Morgan fingerprint density at radius 1 is 0.947 bits per heavy atom. The van der Waals surface area contributed by atoms with E-state index in [1.54, 1.807) is 0 Å². The Hall–Kier alpha value is -1.06. The summed E-state index contributed by atoms with van der Waals surface area (Å²) < 4.78 is 11.5. The third kappa shape index (κ3) is 5.21. The fourth-order valence-electron chi connectivity index (χ4n) is 2.47. The normalized spacial score (nSPS) is 17.1. The lowest BCUT2D eigenvalue weighted by Crippen LogP contribution is -2.16. The minimum absolute atomic E-state index is 0.0745. The predicted molar refractivity (Wildman–Crippen MR) is 75.3 cm³/mol. The molecule has 1 aromatic rings. The van der Waals surface area contributed by atoms with E-state index in [-0.39, 0.29) is 6.61 Å². The maximum atomic E-state index is 8.95. The van der Waals surface area contributed by atoms with Gasteiger partial charge in [0.2, 0.25) is 0 Å². The van der Waals surface area contributed by atoms with Crippen molar-refractivity contribution in [1.82, 2.24) is 0 Å². The summed E-state index contributed by atoms with van der Waals surface area (Å²) in [5, 5.41) is 8.95. The highest BCUT2D eigenvalue weighted by Crippen LogP contribution is 2.19. The highest BCUT2D eigenvalue weighted by molar-refractivity contribution is 5.26. The first-order chi connectivity index (χ1) is 9.38. The van der Waals surface area contributed by atoms with Gasteiger partial charge in [0.15, 0.2) is 0 Å². The van der Waals surface area contributed by atoms with E-state index in [0.29, 0.717) is 19.3 Å². The van der Waals surface area contributed by atoms with Crippen LogP contribution in [0.5, 0.6) is 5.75 Å². The molecule has 0 spiro atoms. The highest BCUT2D eigenvalue weighted by atomic mass is 16.5. The van der Waals surface area contributed by atoms with Crippen LogP contribution < -0.4 is 4.74 Å². The molecule has 0 radical (unpaired) electrons. The SMILES string of the molecule is OCc1ccc(OCCOC2CCCCCC2)cc1. The second-order valence-corrected chi connectivity index (χ2v) is 5.13. The summed E-state index contributed by atoms with van der Waals surface area (Å²) in [6.07, 6.45) is 8.14. The van der Waals surface area contributed by atoms with E-state index in [9.17, 15) is 0 Å². The van der Waals surface area contributed by atoms with Crippen LogP contribution >= 0.6 is 0 Å². The molecule has 0 aromatic heterocycles. The quantitative estimate of drug-likeness (QED) is 0.633. The fraction of sp³-hybridized carbons (Fsp3) is 0.625. The summed E-state index contributed by atoms with van der Waals surface area (Å²) >= 11 is 0. The van der Waals surface area contributed by atoms with Crippen LogP contribution in [0.4, 0.5) is 0 Å². The van der Waals surface area contributed by atoms with E-state index in [2.05, 4.69) is 0 Å². The fourth-order valence-corrected chi connectivity index (χ4v) is 2.47. The van der Waals surface area contributed by atoms with E-state index >= 15 is 0 Å². The third-order valence-electron chi connectivity index (χ3n) is 3.61. The van der Waals surface area contributed by atoms with Crippen LogP contribution in [-0.2, 0) is 11.3 Å². The van der Waals surface area contributed by atoms with Crippen LogP contribution in [0.3, 0.4) is 0 Å². The van der Waals surface area contributed by atoms with Crippen molar-refractivity contribution in [1.29, 1.82) is 0 Å². The summed E-state index contributed by atoms with van der Waals surface area (Å²) in [4.78, 5) is 0. The van der Waals surface area contributed by atoms with E-state index in [4.69, 9.17) is 14.6 Å². The third-order valence-corrected chi connectivity index (χ3v) is 3.61. The standard InChI is InChI=1S/C16H24O3/c17-13-14-7-9-16(10-8-14)19-12-11-18-15-5-3-1-2-4-6-15/h7-10,15,17H,1-6,11-13H2. The Morgan fingerprint density at radius 2 is 1.63 bits per heavy atom. The molecule has 1 aromatic carbocycles. The van der Waals surface area contributed by atoms with Crippen LogP contribution in [0.1, 0.15) is 44.1 Å². The predicted octanol–water partition coefficient (Wildman–Crippen LogP) is 3.30. The van der Waals surface area contributed by atoms with Gasteiger partial charge in [-0.15, -0.1) is 0 Å². The van der Waals surface area contributed by atoms with Crippen LogP contribution in [0.15, 0.2) is 24.3 Å². The molecule has 106 valence electrons. The largest absolute Gasteiger partial charge is 0.491 e. The minimum atomic E-state index is 0.0745. The lowest BCUT2D eigenvalue weighted by atomic mass is 10.1. The summed E-state index contributed by atoms with van der Waals surface area (Å²) in [6.45, 7) is 1.33. The molecule has 0 amide bonds. The summed E-state index contributed by atoms with van der Waals surface area (Å²) in [6, 6.07) is 7.53. The van der Waals surface area contributed by atoms with Crippen molar-refractivity contribution >= 4 is 0 Å². The van der Waals surface area contributed by atoms with E-state index < -0.39 is 0 Å². The Kier molecular flexibility index (Phi) is 6.18. The molecule has 1 fully saturated rings. The highest BCUT2D eigenvalue weighted by Gasteiger charge is 2.12. The first-order valence-electron chi connectivity index (χ1n) is 7.32. The lowest BCUT2D eigenvalue weighted by molar-refractivity contribution is 0.0254. The van der Waals surface area contributed by atoms with Crippen molar-refractivity contribution in [2.75, 3.05) is 13.2 Å². The number of ether oxygens (including phenoxy) is 2. The molecule has 0 bridgehead atoms. The average Bonchev–Trinajstić information content (AvgIpc) is 2.73. The van der Waals surface area contributed by atoms with Gasteiger partial charge in [-0.25, -0.2) is 0 Å². The summed E-state index contributed by atoms with van der Waals surface area (Å²) in [5.74, 6) is 0.835. The van der Waals surface area contributed by atoms with Crippen LogP contribution in [0.2, 0.25) is 0 Å². The molecule has 3 nitrogen and oxygen atoms in total. The molecule has 1 aliphatic rings. The topological polar surface area (TPSA) is 38.7 Å². The van der Waals surface area contributed by atoms with Crippen LogP contribution in [0.25, 0.3) is 0 Å². The lowest BCUT2D eigenvalue weighted by Gasteiger charge is -2.15. The zero-order chi connectivity index (χ0) is 13.3. The van der Waals surface area contributed by atoms with Crippen molar-refractivity contribution in [3.05, 3.63) is 29.8 Å². The summed E-state index contributed by atoms with van der Waals surface area (Å²) in [5.41, 5.74) is 0.905. The number of hydrogen-bond donors (Lipinski definition) is 1. The second-order valence-electron chi connectivity index (χ2n) is 5.13. The van der Waals surface area contributed by atoms with Crippen molar-refractivity contribution in [3.63, 3.8) is 0 Å². The molecule has 3 heteroatoms. The second kappa shape index (κ2) is 8.18. The van der Waals surface area contributed by atoms with Crippen molar-refractivity contribution in [2.24, 2.45) is 0 Å². The maximum Gasteiger partial charge on any atom is 0.119 e. The van der Waals surface area contributed by atoms with Gasteiger partial charge >= 0.3 is 0 Å². The van der Waals surface area contributed by atoms with Gasteiger partial charge in [-0.2, -0.15) is 0 Å². The van der Waals surface area contributed by atoms with Gasteiger partial charge in [-0.05, 0) is 30.5 Å². The van der Waals surface area contributed by atoms with Gasteiger partial charge in [-0.3, -0.25) is 0 Å². The Balaban J connectivity index is 1.62. The van der Waals surface area contributed by atoms with Gasteiger partial charge < -0.3 is 14.6 Å². The Labute approximate surface area is 115 Å². The molecule has 0 heterocycles. The molecule has 0 saturated heterocycles. The number of aliphatic hydroxyl groups is 1. The van der Waals surface area contributed by atoms with E-state index in [1.807, 2.05) is 24.3 Å². The average molecular weight is 264 g/mol.